The van der Waals surface area contributed by atoms with E-state index >= 15 is 0 Å². The van der Waals surface area contributed by atoms with Gasteiger partial charge in [0.05, 0.1) is 6.61 Å². The molecule has 0 heterocycles. The molecule has 3 N–H and O–H groups in total. The minimum Gasteiger partial charge on any atom is -0.491 e. The van der Waals surface area contributed by atoms with E-state index in [-0.39, 0.29) is 19.8 Å². The molecule has 26 heavy (non-hydrogen) atoms. The molecule has 0 unspecified atom stereocenters. The van der Waals surface area contributed by atoms with E-state index < -0.39 is 18.4 Å². The third-order valence-electron chi connectivity index (χ3n) is 3.51. The van der Waals surface area contributed by atoms with E-state index in [0.717, 1.165) is 0 Å². The molecule has 0 aliphatic rings. The SMILES string of the molecule is CCO[C@@H](Oc1ccc(OC[C@H](O)c2cccc(CO)c2)cc1)C(=O)O. The summed E-state index contributed by atoms with van der Waals surface area (Å²) < 4.78 is 15.8. The van der Waals surface area contributed by atoms with Crippen LogP contribution in [-0.2, 0) is 16.1 Å². The van der Waals surface area contributed by atoms with Crippen LogP contribution in [0.3, 0.4) is 0 Å². The van der Waals surface area contributed by atoms with Crippen molar-refractivity contribution in [1.82, 2.24) is 0 Å². The Balaban J connectivity index is 1.91. The van der Waals surface area contributed by atoms with Crippen molar-refractivity contribution in [3.05, 3.63) is 59.7 Å². The van der Waals surface area contributed by atoms with E-state index in [1.54, 1.807) is 55.5 Å². The highest BCUT2D eigenvalue weighted by Gasteiger charge is 2.19. The molecule has 140 valence electrons. The topological polar surface area (TPSA) is 105 Å². The lowest BCUT2D eigenvalue weighted by molar-refractivity contribution is -0.170. The smallest absolute Gasteiger partial charge is 0.373 e. The summed E-state index contributed by atoms with van der Waals surface area (Å²) in [5, 5.41) is 28.3. The minimum absolute atomic E-state index is 0.0335. The zero-order valence-corrected chi connectivity index (χ0v) is 14.4. The zero-order valence-electron chi connectivity index (χ0n) is 14.4. The first-order chi connectivity index (χ1) is 12.5. The van der Waals surface area contributed by atoms with Gasteiger partial charge < -0.3 is 29.5 Å². The Labute approximate surface area is 151 Å². The maximum Gasteiger partial charge on any atom is 0.373 e. The molecule has 2 rings (SSSR count). The monoisotopic (exact) mass is 362 g/mol. The van der Waals surface area contributed by atoms with Gasteiger partial charge in [0.2, 0.25) is 0 Å². The third-order valence-corrected chi connectivity index (χ3v) is 3.51. The summed E-state index contributed by atoms with van der Waals surface area (Å²) in [4.78, 5) is 11.0. The number of hydrogen-bond donors (Lipinski definition) is 3. The van der Waals surface area contributed by atoms with E-state index in [4.69, 9.17) is 24.4 Å². The Bertz CT molecular complexity index is 699. The number of carboxylic acids is 1. The molecule has 0 saturated carbocycles. The number of rotatable bonds is 10. The van der Waals surface area contributed by atoms with Crippen LogP contribution in [0.2, 0.25) is 0 Å². The summed E-state index contributed by atoms with van der Waals surface area (Å²) in [6.45, 7) is 1.83. The standard InChI is InChI=1S/C19H22O7/c1-2-24-19(18(22)23)26-16-8-6-15(7-9-16)25-12-17(21)14-5-3-4-13(10-14)11-20/h3-10,17,19-21H,2,11-12H2,1H3,(H,22,23)/t17-,19-/m0/s1. The van der Waals surface area contributed by atoms with Crippen LogP contribution < -0.4 is 9.47 Å². The molecule has 7 heteroatoms. The van der Waals surface area contributed by atoms with Gasteiger partial charge in [0, 0.05) is 6.61 Å². The molecule has 0 aromatic heterocycles. The summed E-state index contributed by atoms with van der Waals surface area (Å²) in [5.74, 6) is -0.382. The number of aliphatic carboxylic acids is 1. The summed E-state index contributed by atoms with van der Waals surface area (Å²) in [5.41, 5.74) is 1.36. The van der Waals surface area contributed by atoms with Crippen LogP contribution in [0, 0.1) is 0 Å². The van der Waals surface area contributed by atoms with E-state index in [1.807, 2.05) is 0 Å². The van der Waals surface area contributed by atoms with Crippen molar-refractivity contribution in [3.63, 3.8) is 0 Å². The van der Waals surface area contributed by atoms with Crippen molar-refractivity contribution in [1.29, 1.82) is 0 Å². The Morgan fingerprint density at radius 3 is 2.42 bits per heavy atom. The van der Waals surface area contributed by atoms with Crippen molar-refractivity contribution < 1.29 is 34.3 Å². The Morgan fingerprint density at radius 2 is 1.81 bits per heavy atom. The van der Waals surface area contributed by atoms with Crippen molar-refractivity contribution >= 4 is 5.97 Å². The average Bonchev–Trinajstić information content (AvgIpc) is 2.66. The molecule has 2 aromatic rings. The molecule has 0 aliphatic heterocycles. The van der Waals surface area contributed by atoms with Gasteiger partial charge in [-0.15, -0.1) is 0 Å². The number of ether oxygens (including phenoxy) is 3. The largest absolute Gasteiger partial charge is 0.491 e. The van der Waals surface area contributed by atoms with Crippen molar-refractivity contribution in [2.24, 2.45) is 0 Å². The molecular weight excluding hydrogens is 340 g/mol. The van der Waals surface area contributed by atoms with Crippen LogP contribution in [0.25, 0.3) is 0 Å². The second-order valence-corrected chi connectivity index (χ2v) is 5.44. The second-order valence-electron chi connectivity index (χ2n) is 5.44. The van der Waals surface area contributed by atoms with Crippen molar-refractivity contribution in [3.8, 4) is 11.5 Å². The van der Waals surface area contributed by atoms with Gasteiger partial charge in [-0.1, -0.05) is 24.3 Å². The van der Waals surface area contributed by atoms with Gasteiger partial charge >= 0.3 is 5.97 Å². The normalized spacial score (nSPS) is 13.0. The quantitative estimate of drug-likeness (QED) is 0.556. The lowest BCUT2D eigenvalue weighted by Crippen LogP contribution is -2.30. The van der Waals surface area contributed by atoms with E-state index in [1.165, 1.54) is 0 Å². The molecule has 0 amide bonds. The highest BCUT2D eigenvalue weighted by atomic mass is 16.7. The van der Waals surface area contributed by atoms with Crippen LogP contribution >= 0.6 is 0 Å². The molecule has 0 bridgehead atoms. The van der Waals surface area contributed by atoms with Gasteiger partial charge in [-0.05, 0) is 42.3 Å². The van der Waals surface area contributed by atoms with Crippen LogP contribution in [0.4, 0.5) is 0 Å². The first-order valence-corrected chi connectivity index (χ1v) is 8.15. The summed E-state index contributed by atoms with van der Waals surface area (Å²) in [7, 11) is 0. The first kappa shape index (κ1) is 19.7. The minimum atomic E-state index is -1.37. The number of carbonyl (C=O) groups is 1. The number of carboxylic acid groups (broad SMARTS) is 1. The van der Waals surface area contributed by atoms with Gasteiger partial charge in [0.1, 0.15) is 24.2 Å². The Morgan fingerprint density at radius 1 is 1.12 bits per heavy atom. The molecule has 0 spiro atoms. The van der Waals surface area contributed by atoms with Crippen molar-refractivity contribution in [2.75, 3.05) is 13.2 Å². The molecule has 0 aliphatic carbocycles. The van der Waals surface area contributed by atoms with Crippen LogP contribution in [0.5, 0.6) is 11.5 Å². The highest BCUT2D eigenvalue weighted by molar-refractivity contribution is 5.71. The molecule has 0 saturated heterocycles. The molecule has 2 atom stereocenters. The van der Waals surface area contributed by atoms with E-state index in [9.17, 15) is 9.90 Å². The first-order valence-electron chi connectivity index (χ1n) is 8.15. The van der Waals surface area contributed by atoms with Gasteiger partial charge in [-0.3, -0.25) is 0 Å². The summed E-state index contributed by atoms with van der Waals surface area (Å²) in [6.07, 6.45) is -2.21. The van der Waals surface area contributed by atoms with Crippen LogP contribution in [0.15, 0.2) is 48.5 Å². The summed E-state index contributed by atoms with van der Waals surface area (Å²) >= 11 is 0. The number of hydrogen-bond acceptors (Lipinski definition) is 6. The molecule has 0 radical (unpaired) electrons. The maximum absolute atomic E-state index is 11.0. The van der Waals surface area contributed by atoms with Gasteiger partial charge in [-0.2, -0.15) is 0 Å². The zero-order chi connectivity index (χ0) is 18.9. The van der Waals surface area contributed by atoms with Gasteiger partial charge in [0.25, 0.3) is 6.29 Å². The number of aliphatic hydroxyl groups excluding tert-OH is 2. The maximum atomic E-state index is 11.0. The predicted octanol–water partition coefficient (Wildman–Crippen LogP) is 2.12. The molecular formula is C19H22O7. The Kier molecular flexibility index (Phi) is 7.40. The lowest BCUT2D eigenvalue weighted by Gasteiger charge is -2.16. The number of aliphatic hydroxyl groups is 2. The molecule has 2 aromatic carbocycles. The fraction of sp³-hybridized carbons (Fsp3) is 0.316. The Hall–Kier alpha value is -2.61. The van der Waals surface area contributed by atoms with Crippen molar-refractivity contribution in [2.45, 2.75) is 25.9 Å². The van der Waals surface area contributed by atoms with Gasteiger partial charge in [0.15, 0.2) is 0 Å². The highest BCUT2D eigenvalue weighted by Crippen LogP contribution is 2.21. The van der Waals surface area contributed by atoms with E-state index in [0.29, 0.717) is 22.6 Å². The fourth-order valence-corrected chi connectivity index (χ4v) is 2.22. The average molecular weight is 362 g/mol. The van der Waals surface area contributed by atoms with Crippen LogP contribution in [0.1, 0.15) is 24.2 Å². The van der Waals surface area contributed by atoms with Gasteiger partial charge in [-0.25, -0.2) is 4.79 Å². The fourth-order valence-electron chi connectivity index (χ4n) is 2.22. The third kappa shape index (κ3) is 5.73. The second kappa shape index (κ2) is 9.76. The molecule has 0 fully saturated rings. The molecule has 7 nitrogen and oxygen atoms in total. The van der Waals surface area contributed by atoms with Crippen LogP contribution in [-0.4, -0.2) is 40.8 Å². The summed E-state index contributed by atoms with van der Waals surface area (Å²) in [6, 6.07) is 13.3. The number of benzene rings is 2. The lowest BCUT2D eigenvalue weighted by atomic mass is 10.1. The predicted molar refractivity (Wildman–Crippen MR) is 92.9 cm³/mol. The van der Waals surface area contributed by atoms with E-state index in [2.05, 4.69) is 0 Å².